The van der Waals surface area contributed by atoms with Crippen molar-refractivity contribution in [1.29, 1.82) is 0 Å². The van der Waals surface area contributed by atoms with E-state index in [0.29, 0.717) is 0 Å². The van der Waals surface area contributed by atoms with Gasteiger partial charge in [-0.05, 0) is 35.4 Å². The van der Waals surface area contributed by atoms with E-state index in [-0.39, 0.29) is 6.04 Å². The lowest BCUT2D eigenvalue weighted by atomic mass is 9.98. The highest BCUT2D eigenvalue weighted by atomic mass is 15.1. The molecule has 0 aliphatic heterocycles. The van der Waals surface area contributed by atoms with Crippen molar-refractivity contribution in [2.45, 2.75) is 6.04 Å². The van der Waals surface area contributed by atoms with Gasteiger partial charge in [0.1, 0.15) is 0 Å². The Labute approximate surface area is 135 Å². The van der Waals surface area contributed by atoms with Crippen molar-refractivity contribution in [1.82, 2.24) is 14.1 Å². The number of hydrogen-bond donors (Lipinski definition) is 0. The van der Waals surface area contributed by atoms with Crippen LogP contribution in [-0.4, -0.2) is 14.1 Å². The lowest BCUT2D eigenvalue weighted by Gasteiger charge is -2.20. The van der Waals surface area contributed by atoms with Crippen LogP contribution in [0.15, 0.2) is 97.8 Å². The predicted octanol–water partition coefficient (Wildman–Crippen LogP) is 4.31. The van der Waals surface area contributed by atoms with Crippen LogP contribution in [0, 0.1) is 0 Å². The Kier molecular flexibility index (Phi) is 3.53. The minimum absolute atomic E-state index is 0.136. The largest absolute Gasteiger partial charge is 0.326 e. The molecule has 0 radical (unpaired) electrons. The third kappa shape index (κ3) is 2.69. The Balaban J connectivity index is 1.75. The number of rotatable bonds is 4. The fourth-order valence-corrected chi connectivity index (χ4v) is 2.93. The maximum absolute atomic E-state index is 4.21. The Hall–Kier alpha value is -3.07. The molecule has 4 aromatic rings. The van der Waals surface area contributed by atoms with Crippen LogP contribution >= 0.6 is 0 Å². The van der Waals surface area contributed by atoms with Crippen LogP contribution in [0.5, 0.6) is 0 Å². The van der Waals surface area contributed by atoms with Gasteiger partial charge in [0.2, 0.25) is 0 Å². The molecule has 0 aliphatic carbocycles. The van der Waals surface area contributed by atoms with E-state index < -0.39 is 0 Å². The van der Waals surface area contributed by atoms with E-state index in [9.17, 15) is 0 Å². The first kappa shape index (κ1) is 13.6. The Morgan fingerprint density at radius 3 is 2.04 bits per heavy atom. The molecule has 23 heavy (non-hydrogen) atoms. The summed E-state index contributed by atoms with van der Waals surface area (Å²) in [6.45, 7) is 0. The van der Waals surface area contributed by atoms with Crippen LogP contribution < -0.4 is 0 Å². The average Bonchev–Trinajstić information content (AvgIpc) is 3.31. The highest BCUT2D eigenvalue weighted by molar-refractivity contribution is 5.40. The maximum Gasteiger partial charge on any atom is 0.0954 e. The van der Waals surface area contributed by atoms with Gasteiger partial charge in [-0.1, -0.05) is 42.5 Å². The molecule has 0 aliphatic rings. The van der Waals surface area contributed by atoms with Crippen LogP contribution in [0.4, 0.5) is 0 Å². The zero-order valence-electron chi connectivity index (χ0n) is 12.7. The standard InChI is InChI=1S/C20H17N3/c1-2-6-17(7-3-1)20(23-15-12-21-16-23)18-8-10-19(11-9-18)22-13-4-5-14-22/h1-16,20H/t20-/m1/s1. The van der Waals surface area contributed by atoms with Crippen molar-refractivity contribution in [3.63, 3.8) is 0 Å². The monoisotopic (exact) mass is 299 g/mol. The van der Waals surface area contributed by atoms with Crippen LogP contribution in [0.3, 0.4) is 0 Å². The van der Waals surface area contributed by atoms with Crippen LogP contribution in [0.2, 0.25) is 0 Å². The van der Waals surface area contributed by atoms with Crippen LogP contribution in [0.25, 0.3) is 5.69 Å². The van der Waals surface area contributed by atoms with E-state index in [1.54, 1.807) is 0 Å². The Morgan fingerprint density at radius 2 is 1.39 bits per heavy atom. The van der Waals surface area contributed by atoms with Gasteiger partial charge in [-0.15, -0.1) is 0 Å². The molecule has 112 valence electrons. The summed E-state index contributed by atoms with van der Waals surface area (Å²) in [7, 11) is 0. The second-order valence-electron chi connectivity index (χ2n) is 5.50. The van der Waals surface area contributed by atoms with Gasteiger partial charge in [0, 0.05) is 30.5 Å². The van der Waals surface area contributed by atoms with Gasteiger partial charge in [0.15, 0.2) is 0 Å². The molecule has 2 heterocycles. The topological polar surface area (TPSA) is 22.8 Å². The van der Waals surface area contributed by atoms with Gasteiger partial charge >= 0.3 is 0 Å². The van der Waals surface area contributed by atoms with E-state index in [0.717, 1.165) is 5.69 Å². The maximum atomic E-state index is 4.21. The minimum atomic E-state index is 0.136. The molecule has 3 heteroatoms. The van der Waals surface area contributed by atoms with Crippen molar-refractivity contribution in [3.05, 3.63) is 109 Å². The quantitative estimate of drug-likeness (QED) is 0.550. The van der Waals surface area contributed by atoms with Gasteiger partial charge in [-0.25, -0.2) is 4.98 Å². The minimum Gasteiger partial charge on any atom is -0.326 e. The fraction of sp³-hybridized carbons (Fsp3) is 0.0500. The van der Waals surface area contributed by atoms with Crippen LogP contribution in [-0.2, 0) is 0 Å². The summed E-state index contributed by atoms with van der Waals surface area (Å²) >= 11 is 0. The van der Waals surface area contributed by atoms with E-state index in [4.69, 9.17) is 0 Å². The smallest absolute Gasteiger partial charge is 0.0954 e. The van der Waals surface area contributed by atoms with Gasteiger partial charge < -0.3 is 9.13 Å². The number of imidazole rings is 1. The fourth-order valence-electron chi connectivity index (χ4n) is 2.93. The third-order valence-electron chi connectivity index (χ3n) is 4.05. The molecule has 2 aromatic heterocycles. The number of nitrogens with zero attached hydrogens (tertiary/aromatic N) is 3. The number of aromatic nitrogens is 3. The van der Waals surface area contributed by atoms with E-state index >= 15 is 0 Å². The van der Waals surface area contributed by atoms with Crippen molar-refractivity contribution >= 4 is 0 Å². The van der Waals surface area contributed by atoms with Gasteiger partial charge in [0.25, 0.3) is 0 Å². The summed E-state index contributed by atoms with van der Waals surface area (Å²) in [6, 6.07) is 23.4. The zero-order valence-corrected chi connectivity index (χ0v) is 12.7. The number of hydrogen-bond acceptors (Lipinski definition) is 1. The molecule has 0 unspecified atom stereocenters. The normalized spacial score (nSPS) is 12.2. The summed E-state index contributed by atoms with van der Waals surface area (Å²) in [5.74, 6) is 0. The molecule has 0 fully saturated rings. The second-order valence-corrected chi connectivity index (χ2v) is 5.50. The van der Waals surface area contributed by atoms with E-state index in [1.165, 1.54) is 11.1 Å². The molecule has 4 rings (SSSR count). The highest BCUT2D eigenvalue weighted by Crippen LogP contribution is 2.27. The molecular weight excluding hydrogens is 282 g/mol. The third-order valence-corrected chi connectivity index (χ3v) is 4.05. The summed E-state index contributed by atoms with van der Waals surface area (Å²) in [5.41, 5.74) is 3.65. The van der Waals surface area contributed by atoms with Crippen molar-refractivity contribution < 1.29 is 0 Å². The molecule has 0 N–H and O–H groups in total. The predicted molar refractivity (Wildman–Crippen MR) is 91.7 cm³/mol. The average molecular weight is 299 g/mol. The van der Waals surface area contributed by atoms with Gasteiger partial charge in [-0.2, -0.15) is 0 Å². The first-order valence-electron chi connectivity index (χ1n) is 7.67. The molecular formula is C20H17N3. The lowest BCUT2D eigenvalue weighted by Crippen LogP contribution is -2.10. The van der Waals surface area contributed by atoms with Crippen molar-refractivity contribution in [3.8, 4) is 5.69 Å². The number of benzene rings is 2. The van der Waals surface area contributed by atoms with E-state index in [2.05, 4.69) is 75.0 Å². The molecule has 3 nitrogen and oxygen atoms in total. The first-order chi connectivity index (χ1) is 11.4. The summed E-state index contributed by atoms with van der Waals surface area (Å²) in [6.07, 6.45) is 9.82. The van der Waals surface area contributed by atoms with E-state index in [1.807, 2.05) is 36.9 Å². The van der Waals surface area contributed by atoms with Crippen molar-refractivity contribution in [2.75, 3.05) is 0 Å². The Bertz CT molecular complexity index is 845. The van der Waals surface area contributed by atoms with Gasteiger partial charge in [0.05, 0.1) is 12.4 Å². The second kappa shape index (κ2) is 5.97. The summed E-state index contributed by atoms with van der Waals surface area (Å²) in [4.78, 5) is 4.21. The molecule has 0 saturated carbocycles. The molecule has 1 atom stereocenters. The van der Waals surface area contributed by atoms with Gasteiger partial charge in [-0.3, -0.25) is 0 Å². The molecule has 0 bridgehead atoms. The lowest BCUT2D eigenvalue weighted by molar-refractivity contribution is 0.676. The highest BCUT2D eigenvalue weighted by Gasteiger charge is 2.15. The molecule has 0 saturated heterocycles. The Morgan fingerprint density at radius 1 is 0.696 bits per heavy atom. The first-order valence-corrected chi connectivity index (χ1v) is 7.67. The van der Waals surface area contributed by atoms with Crippen molar-refractivity contribution in [2.24, 2.45) is 0 Å². The van der Waals surface area contributed by atoms with Crippen LogP contribution in [0.1, 0.15) is 17.2 Å². The summed E-state index contributed by atoms with van der Waals surface area (Å²) in [5, 5.41) is 0. The zero-order chi connectivity index (χ0) is 15.5. The molecule has 0 amide bonds. The molecule has 2 aromatic carbocycles. The summed E-state index contributed by atoms with van der Waals surface area (Å²) < 4.78 is 4.25. The SMILES string of the molecule is c1ccc([C@H](c2ccc(-n3cccc3)cc2)n2ccnc2)cc1. The molecule has 0 spiro atoms.